The zero-order valence-electron chi connectivity index (χ0n) is 18.6. The van der Waals surface area contributed by atoms with Crippen molar-refractivity contribution in [3.63, 3.8) is 0 Å². The van der Waals surface area contributed by atoms with Gasteiger partial charge in [0.25, 0.3) is 0 Å². The first kappa shape index (κ1) is 21.2. The van der Waals surface area contributed by atoms with Crippen molar-refractivity contribution in [2.45, 2.75) is 88.8 Å². The third-order valence-corrected chi connectivity index (χ3v) is 9.69. The fourth-order valence-electron chi connectivity index (χ4n) is 8.21. The molecule has 30 heavy (non-hydrogen) atoms. The Morgan fingerprint density at radius 2 is 1.70 bits per heavy atom. The molecular weight excluding hydrogens is 380 g/mol. The van der Waals surface area contributed by atoms with Gasteiger partial charge in [-0.15, -0.1) is 6.42 Å². The largest absolute Gasteiger partial charge is 0.377 e. The van der Waals surface area contributed by atoms with Crippen LogP contribution in [-0.2, 0) is 18.9 Å². The molecule has 0 bridgehead atoms. The molecule has 0 radical (unpaired) electrons. The summed E-state index contributed by atoms with van der Waals surface area (Å²) < 4.78 is 24.8. The van der Waals surface area contributed by atoms with Crippen LogP contribution in [0.3, 0.4) is 0 Å². The maximum Gasteiger partial charge on any atom is 0.191 e. The van der Waals surface area contributed by atoms with Crippen LogP contribution in [0, 0.1) is 41.4 Å². The van der Waals surface area contributed by atoms with E-state index in [2.05, 4.69) is 12.8 Å². The molecule has 0 aromatic rings. The van der Waals surface area contributed by atoms with Gasteiger partial charge in [-0.25, -0.2) is 0 Å². The first-order chi connectivity index (χ1) is 14.5. The molecule has 3 unspecified atom stereocenters. The van der Waals surface area contributed by atoms with Crippen LogP contribution in [0.15, 0.2) is 0 Å². The van der Waals surface area contributed by atoms with Gasteiger partial charge in [0.05, 0.1) is 32.5 Å². The van der Waals surface area contributed by atoms with Crippen LogP contribution in [0.5, 0.6) is 0 Å². The molecule has 5 nitrogen and oxygen atoms in total. The summed E-state index contributed by atoms with van der Waals surface area (Å²) in [7, 11) is 0. The molecule has 9 atom stereocenters. The average Bonchev–Trinajstić information content (AvgIpc) is 3.10. The monoisotopic (exact) mass is 418 g/mol. The van der Waals surface area contributed by atoms with E-state index < -0.39 is 11.4 Å². The third kappa shape index (κ3) is 3.02. The Kier molecular flexibility index (Phi) is 5.48. The standard InChI is InChI=1S/C25H38O5/c1-4-24-10-8-17-18(20(24)9-11-25(24,26)5-2)6-7-21-19(17)16-22-23(3,29-14-12-27-21)30-15-13-28-22/h2,17-22,26H,4,6-16H2,1,3H3/t17-,18+,19+,20-,21?,22?,23?,24-,25-/m0/s1. The number of ether oxygens (including phenoxy) is 4. The summed E-state index contributed by atoms with van der Waals surface area (Å²) in [4.78, 5) is 0. The first-order valence-corrected chi connectivity index (χ1v) is 12.2. The molecule has 0 amide bonds. The molecular formula is C25H38O5. The zero-order chi connectivity index (χ0) is 21.0. The highest BCUT2D eigenvalue weighted by Gasteiger charge is 2.64. The lowest BCUT2D eigenvalue weighted by atomic mass is 9.50. The summed E-state index contributed by atoms with van der Waals surface area (Å²) >= 11 is 0. The Balaban J connectivity index is 1.44. The van der Waals surface area contributed by atoms with E-state index in [1.807, 2.05) is 6.92 Å². The van der Waals surface area contributed by atoms with Crippen molar-refractivity contribution in [2.24, 2.45) is 29.1 Å². The van der Waals surface area contributed by atoms with Gasteiger partial charge in [-0.2, -0.15) is 0 Å². The Labute approximate surface area is 181 Å². The van der Waals surface area contributed by atoms with E-state index in [0.717, 1.165) is 44.9 Å². The van der Waals surface area contributed by atoms with Gasteiger partial charge in [0, 0.05) is 5.41 Å². The summed E-state index contributed by atoms with van der Waals surface area (Å²) in [5.74, 6) is 4.33. The fourth-order valence-corrected chi connectivity index (χ4v) is 8.21. The molecule has 0 spiro atoms. The molecule has 5 heteroatoms. The normalized spacial score (nSPS) is 53.7. The minimum Gasteiger partial charge on any atom is -0.377 e. The van der Waals surface area contributed by atoms with Crippen molar-refractivity contribution in [2.75, 3.05) is 26.4 Å². The van der Waals surface area contributed by atoms with Crippen molar-refractivity contribution in [1.82, 2.24) is 0 Å². The summed E-state index contributed by atoms with van der Waals surface area (Å²) in [6.07, 6.45) is 14.2. The van der Waals surface area contributed by atoms with Gasteiger partial charge in [0.1, 0.15) is 11.7 Å². The molecule has 5 aliphatic rings. The Hall–Kier alpha value is -0.640. The molecule has 2 aliphatic heterocycles. The second-order valence-corrected chi connectivity index (χ2v) is 10.5. The Bertz CT molecular complexity index is 690. The van der Waals surface area contributed by atoms with E-state index in [9.17, 15) is 5.11 Å². The van der Waals surface area contributed by atoms with Gasteiger partial charge in [0.15, 0.2) is 5.79 Å². The van der Waals surface area contributed by atoms with Gasteiger partial charge in [-0.05, 0) is 82.0 Å². The SMILES string of the molecule is C#C[C@]1(O)CC[C@H]2[C@@H]3CCC4OCCOC5(C)OCCOC5C[C@@H]4[C@H]3CC[C@@]21CC. The molecule has 3 saturated carbocycles. The van der Waals surface area contributed by atoms with Crippen molar-refractivity contribution in [3.8, 4) is 12.3 Å². The highest BCUT2D eigenvalue weighted by Crippen LogP contribution is 2.65. The van der Waals surface area contributed by atoms with E-state index in [4.69, 9.17) is 25.4 Å². The molecule has 0 aromatic heterocycles. The molecule has 5 rings (SSSR count). The maximum absolute atomic E-state index is 11.4. The second kappa shape index (κ2) is 7.74. The zero-order valence-corrected chi connectivity index (χ0v) is 18.6. The summed E-state index contributed by atoms with van der Waals surface area (Å²) in [5.41, 5.74) is -1.05. The molecule has 5 fully saturated rings. The quantitative estimate of drug-likeness (QED) is 0.660. The highest BCUT2D eigenvalue weighted by molar-refractivity contribution is 5.24. The summed E-state index contributed by atoms with van der Waals surface area (Å²) in [6.45, 7) is 6.64. The number of terminal acetylenes is 1. The van der Waals surface area contributed by atoms with Crippen LogP contribution in [0.1, 0.15) is 65.2 Å². The van der Waals surface area contributed by atoms with E-state index in [0.29, 0.717) is 50.1 Å². The second-order valence-electron chi connectivity index (χ2n) is 10.5. The molecule has 1 N–H and O–H groups in total. The lowest BCUT2D eigenvalue weighted by molar-refractivity contribution is -0.318. The minimum atomic E-state index is -0.935. The molecule has 3 aliphatic carbocycles. The smallest absolute Gasteiger partial charge is 0.191 e. The van der Waals surface area contributed by atoms with Crippen molar-refractivity contribution in [1.29, 1.82) is 0 Å². The fraction of sp³-hybridized carbons (Fsp3) is 0.920. The molecule has 2 heterocycles. The number of hydrogen-bond acceptors (Lipinski definition) is 5. The van der Waals surface area contributed by atoms with Gasteiger partial charge < -0.3 is 24.1 Å². The van der Waals surface area contributed by atoms with Crippen molar-refractivity contribution < 1.29 is 24.1 Å². The Morgan fingerprint density at radius 1 is 0.933 bits per heavy atom. The number of rotatable bonds is 1. The van der Waals surface area contributed by atoms with Crippen LogP contribution in [0.25, 0.3) is 0 Å². The van der Waals surface area contributed by atoms with Gasteiger partial charge in [0.2, 0.25) is 0 Å². The highest BCUT2D eigenvalue weighted by atomic mass is 16.7. The van der Waals surface area contributed by atoms with E-state index in [1.54, 1.807) is 0 Å². The van der Waals surface area contributed by atoms with Gasteiger partial charge in [-0.3, -0.25) is 0 Å². The third-order valence-electron chi connectivity index (χ3n) is 9.69. The van der Waals surface area contributed by atoms with Crippen molar-refractivity contribution in [3.05, 3.63) is 0 Å². The van der Waals surface area contributed by atoms with Gasteiger partial charge >= 0.3 is 0 Å². The number of aliphatic hydroxyl groups is 1. The number of hydrogen-bond donors (Lipinski definition) is 1. The predicted molar refractivity (Wildman–Crippen MR) is 113 cm³/mol. The van der Waals surface area contributed by atoms with Crippen LogP contribution in [0.2, 0.25) is 0 Å². The minimum absolute atomic E-state index is 0.0525. The lowest BCUT2D eigenvalue weighted by Gasteiger charge is -2.56. The van der Waals surface area contributed by atoms with Crippen LogP contribution < -0.4 is 0 Å². The van der Waals surface area contributed by atoms with E-state index >= 15 is 0 Å². The van der Waals surface area contributed by atoms with Crippen LogP contribution >= 0.6 is 0 Å². The predicted octanol–water partition coefficient (Wildman–Crippen LogP) is 3.53. The number of fused-ring (bicyclic) bond motifs is 6. The molecule has 0 aromatic carbocycles. The summed E-state index contributed by atoms with van der Waals surface area (Å²) in [6, 6.07) is 0. The van der Waals surface area contributed by atoms with Crippen molar-refractivity contribution >= 4 is 0 Å². The van der Waals surface area contributed by atoms with Crippen LogP contribution in [-0.4, -0.2) is 55.1 Å². The summed E-state index contributed by atoms with van der Waals surface area (Å²) in [5, 5.41) is 11.4. The van der Waals surface area contributed by atoms with Crippen LogP contribution in [0.4, 0.5) is 0 Å². The van der Waals surface area contributed by atoms with E-state index in [1.165, 1.54) is 6.42 Å². The van der Waals surface area contributed by atoms with E-state index in [-0.39, 0.29) is 17.6 Å². The molecule has 2 saturated heterocycles. The Morgan fingerprint density at radius 3 is 2.43 bits per heavy atom. The average molecular weight is 419 g/mol. The lowest BCUT2D eigenvalue weighted by Crippen LogP contribution is -2.56. The maximum atomic E-state index is 11.4. The molecule has 168 valence electrons. The topological polar surface area (TPSA) is 57.2 Å². The first-order valence-electron chi connectivity index (χ1n) is 12.2. The van der Waals surface area contributed by atoms with Gasteiger partial charge in [-0.1, -0.05) is 12.8 Å².